The molecule has 1 heterocycles. The molecule has 1 aliphatic rings. The first kappa shape index (κ1) is 13.6. The van der Waals surface area contributed by atoms with Gasteiger partial charge in [0.1, 0.15) is 0 Å². The zero-order valence-electron chi connectivity index (χ0n) is 12.1. The Labute approximate surface area is 110 Å². The summed E-state index contributed by atoms with van der Waals surface area (Å²) >= 11 is 0. The highest BCUT2D eigenvalue weighted by molar-refractivity contribution is 5.04. The van der Waals surface area contributed by atoms with Crippen LogP contribution in [0.3, 0.4) is 0 Å². The molecule has 1 saturated carbocycles. The van der Waals surface area contributed by atoms with Crippen LogP contribution in [0, 0.1) is 5.92 Å². The van der Waals surface area contributed by atoms with Crippen molar-refractivity contribution >= 4 is 0 Å². The van der Waals surface area contributed by atoms with Gasteiger partial charge in [-0.05, 0) is 39.3 Å². The standard InChI is InChI=1S/C14H26N4/c1-11-5-6-13(15-2)14(7-11)17(3)9-12-8-16-18(4)10-12/h8,10-11,13-15H,5-7,9H2,1-4H3. The molecular formula is C14H26N4. The second kappa shape index (κ2) is 5.85. The Balaban J connectivity index is 1.99. The van der Waals surface area contributed by atoms with E-state index in [1.54, 1.807) is 0 Å². The van der Waals surface area contributed by atoms with Crippen molar-refractivity contribution in [2.24, 2.45) is 13.0 Å². The minimum atomic E-state index is 0.628. The molecule has 0 spiro atoms. The van der Waals surface area contributed by atoms with Crippen LogP contribution in [-0.2, 0) is 13.6 Å². The SMILES string of the molecule is CNC1CCC(C)CC1N(C)Cc1cnn(C)c1. The van der Waals surface area contributed by atoms with Gasteiger partial charge in [-0.3, -0.25) is 9.58 Å². The maximum Gasteiger partial charge on any atom is 0.0534 e. The van der Waals surface area contributed by atoms with Crippen molar-refractivity contribution in [1.29, 1.82) is 0 Å². The summed E-state index contributed by atoms with van der Waals surface area (Å²) < 4.78 is 1.88. The molecule has 0 aliphatic heterocycles. The molecule has 4 nitrogen and oxygen atoms in total. The van der Waals surface area contributed by atoms with Crippen LogP contribution in [0.4, 0.5) is 0 Å². The average Bonchev–Trinajstić information content (AvgIpc) is 2.74. The molecule has 1 N–H and O–H groups in total. The van der Waals surface area contributed by atoms with Crippen molar-refractivity contribution in [2.75, 3.05) is 14.1 Å². The Morgan fingerprint density at radius 3 is 2.89 bits per heavy atom. The van der Waals surface area contributed by atoms with E-state index in [9.17, 15) is 0 Å². The number of nitrogens with one attached hydrogen (secondary N) is 1. The number of nitrogens with zero attached hydrogens (tertiary/aromatic N) is 3. The first-order valence-corrected chi connectivity index (χ1v) is 6.95. The van der Waals surface area contributed by atoms with Crippen LogP contribution in [0.25, 0.3) is 0 Å². The summed E-state index contributed by atoms with van der Waals surface area (Å²) in [4.78, 5) is 2.48. The summed E-state index contributed by atoms with van der Waals surface area (Å²) in [5.41, 5.74) is 1.30. The van der Waals surface area contributed by atoms with Crippen LogP contribution < -0.4 is 5.32 Å². The Morgan fingerprint density at radius 1 is 1.50 bits per heavy atom. The van der Waals surface area contributed by atoms with Crippen LogP contribution in [0.15, 0.2) is 12.4 Å². The third kappa shape index (κ3) is 3.12. The summed E-state index contributed by atoms with van der Waals surface area (Å²) in [6.07, 6.45) is 8.01. The van der Waals surface area contributed by atoms with Gasteiger partial charge in [0, 0.05) is 37.4 Å². The predicted octanol–water partition coefficient (Wildman–Crippen LogP) is 1.63. The van der Waals surface area contributed by atoms with Crippen LogP contribution in [-0.4, -0.2) is 40.9 Å². The summed E-state index contributed by atoms with van der Waals surface area (Å²) in [7, 11) is 6.30. The monoisotopic (exact) mass is 250 g/mol. The fourth-order valence-corrected chi connectivity index (χ4v) is 3.13. The Bertz CT molecular complexity index is 374. The number of aryl methyl sites for hydroxylation is 1. The number of hydrogen-bond donors (Lipinski definition) is 1. The van der Waals surface area contributed by atoms with E-state index >= 15 is 0 Å². The van der Waals surface area contributed by atoms with Crippen molar-refractivity contribution in [3.63, 3.8) is 0 Å². The number of aromatic nitrogens is 2. The molecule has 0 saturated heterocycles. The lowest BCUT2D eigenvalue weighted by atomic mass is 9.82. The molecule has 1 aliphatic carbocycles. The van der Waals surface area contributed by atoms with Crippen LogP contribution in [0.2, 0.25) is 0 Å². The zero-order valence-corrected chi connectivity index (χ0v) is 12.1. The molecule has 0 radical (unpaired) electrons. The van der Waals surface area contributed by atoms with E-state index in [2.05, 4.69) is 42.5 Å². The molecule has 102 valence electrons. The lowest BCUT2D eigenvalue weighted by Crippen LogP contribution is -2.50. The maximum atomic E-state index is 4.24. The summed E-state index contributed by atoms with van der Waals surface area (Å²) in [6.45, 7) is 3.36. The molecule has 1 aromatic rings. The summed E-state index contributed by atoms with van der Waals surface area (Å²) in [6, 6.07) is 1.27. The van der Waals surface area contributed by atoms with Crippen molar-refractivity contribution in [2.45, 2.75) is 44.8 Å². The van der Waals surface area contributed by atoms with Crippen molar-refractivity contribution < 1.29 is 0 Å². The number of hydrogen-bond acceptors (Lipinski definition) is 3. The number of rotatable bonds is 4. The van der Waals surface area contributed by atoms with Gasteiger partial charge < -0.3 is 5.32 Å². The lowest BCUT2D eigenvalue weighted by Gasteiger charge is -2.40. The molecule has 4 heteroatoms. The van der Waals surface area contributed by atoms with Gasteiger partial charge in [0.2, 0.25) is 0 Å². The largest absolute Gasteiger partial charge is 0.315 e. The van der Waals surface area contributed by atoms with Crippen LogP contribution >= 0.6 is 0 Å². The van der Waals surface area contributed by atoms with Gasteiger partial charge in [-0.15, -0.1) is 0 Å². The van der Waals surface area contributed by atoms with Gasteiger partial charge in [0.15, 0.2) is 0 Å². The van der Waals surface area contributed by atoms with E-state index in [0.29, 0.717) is 12.1 Å². The highest BCUT2D eigenvalue weighted by Crippen LogP contribution is 2.27. The third-order valence-corrected chi connectivity index (χ3v) is 4.21. The molecule has 2 rings (SSSR count). The van der Waals surface area contributed by atoms with Crippen molar-refractivity contribution in [3.05, 3.63) is 18.0 Å². The third-order valence-electron chi connectivity index (χ3n) is 4.21. The maximum absolute atomic E-state index is 4.24. The van der Waals surface area contributed by atoms with Gasteiger partial charge in [-0.25, -0.2) is 0 Å². The van der Waals surface area contributed by atoms with E-state index in [1.807, 2.05) is 17.9 Å². The van der Waals surface area contributed by atoms with E-state index in [0.717, 1.165) is 12.5 Å². The molecule has 3 unspecified atom stereocenters. The molecule has 18 heavy (non-hydrogen) atoms. The topological polar surface area (TPSA) is 33.1 Å². The highest BCUT2D eigenvalue weighted by atomic mass is 15.2. The van der Waals surface area contributed by atoms with E-state index in [4.69, 9.17) is 0 Å². The fourth-order valence-electron chi connectivity index (χ4n) is 3.13. The van der Waals surface area contributed by atoms with E-state index < -0.39 is 0 Å². The van der Waals surface area contributed by atoms with E-state index in [1.165, 1.54) is 24.8 Å². The molecular weight excluding hydrogens is 224 g/mol. The second-order valence-electron chi connectivity index (χ2n) is 5.82. The molecule has 0 amide bonds. The van der Waals surface area contributed by atoms with Crippen molar-refractivity contribution in [3.8, 4) is 0 Å². The lowest BCUT2D eigenvalue weighted by molar-refractivity contribution is 0.123. The smallest absolute Gasteiger partial charge is 0.0534 e. The molecule has 1 aromatic heterocycles. The first-order chi connectivity index (χ1) is 8.60. The molecule has 3 atom stereocenters. The fraction of sp³-hybridized carbons (Fsp3) is 0.786. The summed E-state index contributed by atoms with van der Waals surface area (Å²) in [5, 5.41) is 7.73. The quantitative estimate of drug-likeness (QED) is 0.881. The molecule has 1 fully saturated rings. The van der Waals surface area contributed by atoms with Gasteiger partial charge in [0.25, 0.3) is 0 Å². The Kier molecular flexibility index (Phi) is 4.40. The molecule has 0 bridgehead atoms. The normalized spacial score (nSPS) is 28.8. The van der Waals surface area contributed by atoms with Gasteiger partial charge in [-0.2, -0.15) is 5.10 Å². The van der Waals surface area contributed by atoms with E-state index in [-0.39, 0.29) is 0 Å². The zero-order chi connectivity index (χ0) is 13.1. The average molecular weight is 250 g/mol. The summed E-state index contributed by atoms with van der Waals surface area (Å²) in [5.74, 6) is 0.843. The Morgan fingerprint density at radius 2 is 2.28 bits per heavy atom. The molecule has 0 aromatic carbocycles. The van der Waals surface area contributed by atoms with Gasteiger partial charge >= 0.3 is 0 Å². The first-order valence-electron chi connectivity index (χ1n) is 6.95. The van der Waals surface area contributed by atoms with Crippen molar-refractivity contribution in [1.82, 2.24) is 20.0 Å². The second-order valence-corrected chi connectivity index (χ2v) is 5.82. The predicted molar refractivity (Wildman–Crippen MR) is 74.3 cm³/mol. The van der Waals surface area contributed by atoms with Crippen LogP contribution in [0.1, 0.15) is 31.7 Å². The minimum absolute atomic E-state index is 0.628. The van der Waals surface area contributed by atoms with Gasteiger partial charge in [-0.1, -0.05) is 6.92 Å². The van der Waals surface area contributed by atoms with Crippen LogP contribution in [0.5, 0.6) is 0 Å². The minimum Gasteiger partial charge on any atom is -0.315 e. The number of likely N-dealkylation sites (N-methyl/N-ethyl adjacent to an activating group) is 2. The van der Waals surface area contributed by atoms with Gasteiger partial charge in [0.05, 0.1) is 6.20 Å². The highest BCUT2D eigenvalue weighted by Gasteiger charge is 2.30. The Hall–Kier alpha value is -0.870.